The van der Waals surface area contributed by atoms with Crippen LogP contribution in [0.25, 0.3) is 0 Å². The maximum Gasteiger partial charge on any atom is 0.311 e. The lowest BCUT2D eigenvalue weighted by Gasteiger charge is -2.15. The highest BCUT2D eigenvalue weighted by molar-refractivity contribution is 6.39. The summed E-state index contributed by atoms with van der Waals surface area (Å²) in [6.07, 6.45) is -1.27. The SMILES string of the molecule is COc1ccc(CC(=O)O[C@H](C)C(=O)Nc2c(Cl)cccc2Cl)cc1F. The molecule has 0 fully saturated rings. The van der Waals surface area contributed by atoms with Crippen molar-refractivity contribution in [2.24, 2.45) is 0 Å². The molecule has 0 heterocycles. The molecule has 0 saturated carbocycles. The normalized spacial score (nSPS) is 11.6. The van der Waals surface area contributed by atoms with E-state index < -0.39 is 23.8 Å². The summed E-state index contributed by atoms with van der Waals surface area (Å²) in [4.78, 5) is 24.1. The van der Waals surface area contributed by atoms with Crippen LogP contribution in [0.3, 0.4) is 0 Å². The van der Waals surface area contributed by atoms with Gasteiger partial charge in [0, 0.05) is 0 Å². The van der Waals surface area contributed by atoms with Gasteiger partial charge in [-0.05, 0) is 36.8 Å². The monoisotopic (exact) mass is 399 g/mol. The second-order valence-corrected chi connectivity index (χ2v) is 6.18. The molecule has 2 aromatic carbocycles. The van der Waals surface area contributed by atoms with E-state index in [9.17, 15) is 14.0 Å². The topological polar surface area (TPSA) is 64.6 Å². The molecule has 0 unspecified atom stereocenters. The number of carbonyl (C=O) groups is 2. The van der Waals surface area contributed by atoms with Crippen molar-refractivity contribution >= 4 is 40.8 Å². The largest absolute Gasteiger partial charge is 0.494 e. The second kappa shape index (κ2) is 8.87. The summed E-state index contributed by atoms with van der Waals surface area (Å²) < 4.78 is 23.5. The van der Waals surface area contributed by atoms with Gasteiger partial charge in [0.2, 0.25) is 0 Å². The highest BCUT2D eigenvalue weighted by atomic mass is 35.5. The Hall–Kier alpha value is -2.31. The summed E-state index contributed by atoms with van der Waals surface area (Å²) in [6, 6.07) is 8.90. The molecule has 0 aliphatic heterocycles. The summed E-state index contributed by atoms with van der Waals surface area (Å²) in [5, 5.41) is 3.04. The first-order chi connectivity index (χ1) is 12.3. The minimum atomic E-state index is -1.09. The fourth-order valence-electron chi connectivity index (χ4n) is 2.12. The minimum absolute atomic E-state index is 0.0754. The van der Waals surface area contributed by atoms with Crippen LogP contribution in [0.5, 0.6) is 5.75 Å². The van der Waals surface area contributed by atoms with Gasteiger partial charge >= 0.3 is 5.97 Å². The highest BCUT2D eigenvalue weighted by Gasteiger charge is 2.20. The molecule has 1 amide bonds. The van der Waals surface area contributed by atoms with Crippen molar-refractivity contribution in [3.05, 3.63) is 57.8 Å². The third-order valence-corrected chi connectivity index (χ3v) is 4.08. The fourth-order valence-corrected chi connectivity index (χ4v) is 2.61. The van der Waals surface area contributed by atoms with Gasteiger partial charge in [-0.2, -0.15) is 0 Å². The molecule has 0 aliphatic rings. The van der Waals surface area contributed by atoms with E-state index in [-0.39, 0.29) is 27.9 Å². The zero-order valence-electron chi connectivity index (χ0n) is 14.0. The van der Waals surface area contributed by atoms with Crippen LogP contribution >= 0.6 is 23.2 Å². The van der Waals surface area contributed by atoms with Crippen molar-refractivity contribution in [2.45, 2.75) is 19.4 Å². The minimum Gasteiger partial charge on any atom is -0.494 e. The number of amides is 1. The number of halogens is 3. The van der Waals surface area contributed by atoms with E-state index in [0.717, 1.165) is 0 Å². The number of ether oxygens (including phenoxy) is 2. The second-order valence-electron chi connectivity index (χ2n) is 5.36. The average Bonchev–Trinajstić information content (AvgIpc) is 2.58. The summed E-state index contributed by atoms with van der Waals surface area (Å²) in [5.41, 5.74) is 0.635. The van der Waals surface area contributed by atoms with Gasteiger partial charge in [-0.3, -0.25) is 9.59 Å². The number of para-hydroxylation sites is 1. The smallest absolute Gasteiger partial charge is 0.311 e. The van der Waals surface area contributed by atoms with Crippen molar-refractivity contribution in [3.8, 4) is 5.75 Å². The van der Waals surface area contributed by atoms with Crippen LogP contribution in [-0.4, -0.2) is 25.1 Å². The number of rotatable bonds is 6. The third kappa shape index (κ3) is 5.09. The van der Waals surface area contributed by atoms with Gasteiger partial charge in [0.05, 0.1) is 29.3 Å². The van der Waals surface area contributed by atoms with Crippen LogP contribution in [-0.2, 0) is 20.7 Å². The van der Waals surface area contributed by atoms with E-state index >= 15 is 0 Å². The van der Waals surface area contributed by atoms with Gasteiger partial charge in [0.15, 0.2) is 17.7 Å². The molecular formula is C18H16Cl2FNO4. The van der Waals surface area contributed by atoms with E-state index in [0.29, 0.717) is 5.56 Å². The average molecular weight is 400 g/mol. The van der Waals surface area contributed by atoms with Crippen molar-refractivity contribution in [3.63, 3.8) is 0 Å². The highest BCUT2D eigenvalue weighted by Crippen LogP contribution is 2.30. The summed E-state index contributed by atoms with van der Waals surface area (Å²) in [5.74, 6) is -1.78. The Kier molecular flexibility index (Phi) is 6.83. The molecule has 0 spiro atoms. The summed E-state index contributed by atoms with van der Waals surface area (Å²) >= 11 is 12.0. The van der Waals surface area contributed by atoms with Gasteiger partial charge in [0.1, 0.15) is 0 Å². The van der Waals surface area contributed by atoms with Gasteiger partial charge in [-0.1, -0.05) is 35.3 Å². The van der Waals surface area contributed by atoms with Gasteiger partial charge in [-0.25, -0.2) is 4.39 Å². The molecule has 0 bridgehead atoms. The zero-order chi connectivity index (χ0) is 19.3. The maximum atomic E-state index is 13.6. The molecule has 2 rings (SSSR count). The first-order valence-corrected chi connectivity index (χ1v) is 8.34. The molecule has 8 heteroatoms. The Labute approximate surface area is 160 Å². The molecule has 5 nitrogen and oxygen atoms in total. The lowest BCUT2D eigenvalue weighted by atomic mass is 10.1. The van der Waals surface area contributed by atoms with Crippen LogP contribution in [0.15, 0.2) is 36.4 Å². The van der Waals surface area contributed by atoms with Gasteiger partial charge in [0.25, 0.3) is 5.91 Å². The first-order valence-electron chi connectivity index (χ1n) is 7.58. The number of carbonyl (C=O) groups excluding carboxylic acids is 2. The van der Waals surface area contributed by atoms with Crippen molar-refractivity contribution < 1.29 is 23.5 Å². The van der Waals surface area contributed by atoms with E-state index in [1.165, 1.54) is 32.2 Å². The predicted molar refractivity (Wildman–Crippen MR) is 97.3 cm³/mol. The van der Waals surface area contributed by atoms with Crippen molar-refractivity contribution in [2.75, 3.05) is 12.4 Å². The van der Waals surface area contributed by atoms with E-state index in [4.69, 9.17) is 32.7 Å². The predicted octanol–water partition coefficient (Wildman–Crippen LogP) is 4.25. The molecule has 2 aromatic rings. The zero-order valence-corrected chi connectivity index (χ0v) is 15.5. The Bertz CT molecular complexity index is 809. The lowest BCUT2D eigenvalue weighted by Crippen LogP contribution is -2.30. The van der Waals surface area contributed by atoms with E-state index in [2.05, 4.69) is 5.32 Å². The number of esters is 1. The molecule has 1 N–H and O–H groups in total. The molecule has 0 saturated heterocycles. The van der Waals surface area contributed by atoms with Crippen LogP contribution in [0.1, 0.15) is 12.5 Å². The number of nitrogens with one attached hydrogen (secondary N) is 1. The standard InChI is InChI=1S/C18H16Cl2FNO4/c1-10(18(24)22-17-12(19)4-3-5-13(17)20)26-16(23)9-11-6-7-15(25-2)14(21)8-11/h3-8,10H,9H2,1-2H3,(H,22,24)/t10-/m1/s1. The number of methoxy groups -OCH3 is 1. The summed E-state index contributed by atoms with van der Waals surface area (Å²) in [6.45, 7) is 1.41. The molecule has 26 heavy (non-hydrogen) atoms. The Morgan fingerprint density at radius 2 is 1.85 bits per heavy atom. The quantitative estimate of drug-likeness (QED) is 0.737. The number of hydrogen-bond acceptors (Lipinski definition) is 4. The van der Waals surface area contributed by atoms with E-state index in [1.54, 1.807) is 18.2 Å². The van der Waals surface area contributed by atoms with Crippen LogP contribution in [0.4, 0.5) is 10.1 Å². The molecule has 0 aromatic heterocycles. The number of benzene rings is 2. The molecular weight excluding hydrogens is 384 g/mol. The number of hydrogen-bond donors (Lipinski definition) is 1. The van der Waals surface area contributed by atoms with Crippen LogP contribution in [0, 0.1) is 5.82 Å². The van der Waals surface area contributed by atoms with Crippen molar-refractivity contribution in [1.29, 1.82) is 0 Å². The summed E-state index contributed by atoms with van der Waals surface area (Å²) in [7, 11) is 1.35. The van der Waals surface area contributed by atoms with Crippen LogP contribution < -0.4 is 10.1 Å². The van der Waals surface area contributed by atoms with Crippen molar-refractivity contribution in [1.82, 2.24) is 0 Å². The van der Waals surface area contributed by atoms with Gasteiger partial charge in [-0.15, -0.1) is 0 Å². The molecule has 0 aliphatic carbocycles. The van der Waals surface area contributed by atoms with E-state index in [1.807, 2.05) is 0 Å². The lowest BCUT2D eigenvalue weighted by molar-refractivity contribution is -0.152. The molecule has 138 valence electrons. The van der Waals surface area contributed by atoms with Crippen LogP contribution in [0.2, 0.25) is 10.0 Å². The fraction of sp³-hybridized carbons (Fsp3) is 0.222. The molecule has 1 atom stereocenters. The third-order valence-electron chi connectivity index (χ3n) is 3.45. The maximum absolute atomic E-state index is 13.6. The Balaban J connectivity index is 1.96. The first kappa shape index (κ1) is 20.0. The molecule has 0 radical (unpaired) electrons. The van der Waals surface area contributed by atoms with Gasteiger partial charge < -0.3 is 14.8 Å². The Morgan fingerprint density at radius 1 is 1.19 bits per heavy atom. The Morgan fingerprint density at radius 3 is 2.42 bits per heavy atom. The number of anilines is 1.